The van der Waals surface area contributed by atoms with Crippen LogP contribution in [0.25, 0.3) is 0 Å². The first-order valence-corrected chi connectivity index (χ1v) is 17.7. The summed E-state index contributed by atoms with van der Waals surface area (Å²) in [5, 5.41) is 2.96. The highest BCUT2D eigenvalue weighted by molar-refractivity contribution is 7.80. The SMILES string of the molecule is CCNC(=O)[C@@H]1C[C@@H](N(C(=O)C(C)(C)CS)C2CCC(C)(C)CC2)C[N+]1(C)C(=O)[C@]1(c2ccc(F)cc2F)CCN(C(C)(C)C)C1. The Morgan fingerprint density at radius 3 is 2.22 bits per heavy atom. The summed E-state index contributed by atoms with van der Waals surface area (Å²) in [5.74, 6) is -1.59. The molecule has 3 amide bonds. The second-order valence-corrected chi connectivity index (χ2v) is 17.1. The van der Waals surface area contributed by atoms with Crippen LogP contribution in [-0.2, 0) is 19.8 Å². The van der Waals surface area contributed by atoms with Crippen LogP contribution in [0.3, 0.4) is 0 Å². The highest BCUT2D eigenvalue weighted by Gasteiger charge is 2.63. The third-order valence-corrected chi connectivity index (χ3v) is 12.1. The monoisotopic (exact) mass is 663 g/mol. The highest BCUT2D eigenvalue weighted by Crippen LogP contribution is 2.46. The Hall–Kier alpha value is -2.04. The van der Waals surface area contributed by atoms with Crippen LogP contribution in [0.4, 0.5) is 8.78 Å². The van der Waals surface area contributed by atoms with Crippen molar-refractivity contribution in [2.75, 3.05) is 39.0 Å². The fraction of sp³-hybridized carbons (Fsp3) is 0.750. The van der Waals surface area contributed by atoms with Crippen LogP contribution in [0.2, 0.25) is 0 Å². The summed E-state index contributed by atoms with van der Waals surface area (Å²) in [6.45, 7) is 17.8. The van der Waals surface area contributed by atoms with Crippen LogP contribution in [-0.4, -0.2) is 94.6 Å². The van der Waals surface area contributed by atoms with Gasteiger partial charge in [-0.05, 0) is 71.3 Å². The Morgan fingerprint density at radius 2 is 1.70 bits per heavy atom. The molecule has 0 radical (unpaired) electrons. The van der Waals surface area contributed by atoms with Gasteiger partial charge >= 0.3 is 5.91 Å². The second kappa shape index (κ2) is 13.1. The first-order chi connectivity index (χ1) is 21.2. The molecule has 3 fully saturated rings. The summed E-state index contributed by atoms with van der Waals surface area (Å²) in [5.41, 5.74) is -1.96. The zero-order valence-electron chi connectivity index (χ0n) is 29.5. The number of hydrogen-bond donors (Lipinski definition) is 2. The van der Waals surface area contributed by atoms with Gasteiger partial charge in [-0.3, -0.25) is 19.0 Å². The van der Waals surface area contributed by atoms with E-state index in [0.29, 0.717) is 31.7 Å². The fourth-order valence-corrected chi connectivity index (χ4v) is 8.32. The molecular formula is C36H57F2N4O3S+. The number of nitrogens with zero attached hydrogens (tertiary/aromatic N) is 3. The van der Waals surface area contributed by atoms with Gasteiger partial charge in [0.25, 0.3) is 5.91 Å². The molecule has 4 atom stereocenters. The lowest BCUT2D eigenvalue weighted by atomic mass is 9.74. The van der Waals surface area contributed by atoms with E-state index in [9.17, 15) is 14.0 Å². The van der Waals surface area contributed by atoms with Gasteiger partial charge in [0.2, 0.25) is 5.91 Å². The van der Waals surface area contributed by atoms with Gasteiger partial charge in [-0.15, -0.1) is 0 Å². The molecule has 7 nitrogen and oxygen atoms in total. The average Bonchev–Trinajstić information content (AvgIpc) is 3.57. The molecular weight excluding hydrogens is 606 g/mol. The third kappa shape index (κ3) is 6.91. The van der Waals surface area contributed by atoms with E-state index in [1.54, 1.807) is 7.05 Å². The normalized spacial score (nSPS) is 29.1. The van der Waals surface area contributed by atoms with Crippen molar-refractivity contribution in [3.63, 3.8) is 0 Å². The molecule has 0 aromatic heterocycles. The van der Waals surface area contributed by atoms with Gasteiger partial charge in [-0.1, -0.05) is 33.8 Å². The molecule has 1 aromatic carbocycles. The van der Waals surface area contributed by atoms with Gasteiger partial charge in [0.1, 0.15) is 23.6 Å². The Kier molecular flexibility index (Phi) is 10.5. The number of likely N-dealkylation sites (N-methyl/N-ethyl adjacent to an activating group) is 2. The maximum atomic E-state index is 15.7. The lowest BCUT2D eigenvalue weighted by Crippen LogP contribution is -2.65. The molecule has 4 rings (SSSR count). The van der Waals surface area contributed by atoms with Gasteiger partial charge in [0.05, 0.1) is 18.5 Å². The summed E-state index contributed by atoms with van der Waals surface area (Å²) in [7, 11) is 1.79. The van der Waals surface area contributed by atoms with Crippen LogP contribution in [0, 0.1) is 22.5 Å². The molecule has 3 aliphatic rings. The molecule has 2 heterocycles. The number of hydrogen-bond acceptors (Lipinski definition) is 5. The van der Waals surface area contributed by atoms with Gasteiger partial charge in [-0.25, -0.2) is 13.6 Å². The number of carbonyl (C=O) groups is 3. The van der Waals surface area contributed by atoms with Crippen molar-refractivity contribution in [3.05, 3.63) is 35.4 Å². The molecule has 1 aliphatic carbocycles. The van der Waals surface area contributed by atoms with E-state index in [4.69, 9.17) is 0 Å². The van der Waals surface area contributed by atoms with E-state index in [2.05, 4.69) is 57.5 Å². The number of quaternary nitrogens is 1. The predicted octanol–water partition coefficient (Wildman–Crippen LogP) is 5.71. The largest absolute Gasteiger partial charge is 0.351 e. The lowest BCUT2D eigenvalue weighted by molar-refractivity contribution is -0.840. The molecule has 1 saturated carbocycles. The average molecular weight is 664 g/mol. The van der Waals surface area contributed by atoms with Crippen LogP contribution in [0.1, 0.15) is 99.5 Å². The first kappa shape index (κ1) is 36.8. The molecule has 2 saturated heterocycles. The van der Waals surface area contributed by atoms with Crippen molar-refractivity contribution < 1.29 is 27.6 Å². The maximum Gasteiger partial charge on any atom is 0.326 e. The Balaban J connectivity index is 1.83. The Labute approximate surface area is 280 Å². The highest BCUT2D eigenvalue weighted by atomic mass is 32.1. The first-order valence-electron chi connectivity index (χ1n) is 17.0. The summed E-state index contributed by atoms with van der Waals surface area (Å²) in [6.07, 6.45) is 4.34. The molecule has 1 N–H and O–H groups in total. The van der Waals surface area contributed by atoms with E-state index in [0.717, 1.165) is 31.7 Å². The number of amides is 3. The van der Waals surface area contributed by atoms with Crippen molar-refractivity contribution >= 4 is 30.4 Å². The van der Waals surface area contributed by atoms with Gasteiger partial charge in [0, 0.05) is 55.0 Å². The summed E-state index contributed by atoms with van der Waals surface area (Å²) < 4.78 is 29.7. The minimum atomic E-state index is -1.30. The summed E-state index contributed by atoms with van der Waals surface area (Å²) in [4.78, 5) is 47.8. The standard InChI is InChI=1S/C36H56F2N4O3S/c1-10-39-30(43)29-20-26(41(31(44)35(7,8)23-46)25-13-15-34(5,6)16-14-25)21-42(29,9)32(45)36(17-18-40(22-36)33(2,3)4)27-12-11-24(37)19-28(27)38/h11-12,19,25-26,29H,10,13-18,20-23H2,1-9H3,(H-,39,43,46)/p+1/t26-,29+,36-,42?/m1/s1. The summed E-state index contributed by atoms with van der Waals surface area (Å²) in [6, 6.07) is 2.33. The number of rotatable bonds is 8. The van der Waals surface area contributed by atoms with Crippen molar-refractivity contribution in [1.29, 1.82) is 0 Å². The number of benzene rings is 1. The van der Waals surface area contributed by atoms with E-state index in [-0.39, 0.29) is 63.9 Å². The topological polar surface area (TPSA) is 69.7 Å². The Morgan fingerprint density at radius 1 is 1.07 bits per heavy atom. The minimum absolute atomic E-state index is 0.00686. The number of carbonyl (C=O) groups excluding carboxylic acids is 3. The van der Waals surface area contributed by atoms with E-state index in [1.807, 2.05) is 25.7 Å². The number of nitrogens with one attached hydrogen (secondary N) is 1. The van der Waals surface area contributed by atoms with Gasteiger partial charge in [0.15, 0.2) is 6.04 Å². The molecule has 1 aromatic rings. The van der Waals surface area contributed by atoms with Crippen LogP contribution < -0.4 is 5.32 Å². The predicted molar refractivity (Wildman–Crippen MR) is 181 cm³/mol. The fourth-order valence-electron chi connectivity index (χ4n) is 8.18. The smallest absolute Gasteiger partial charge is 0.326 e. The van der Waals surface area contributed by atoms with Crippen LogP contribution in [0.15, 0.2) is 18.2 Å². The quantitative estimate of drug-likeness (QED) is 0.276. The summed E-state index contributed by atoms with van der Waals surface area (Å²) >= 11 is 4.54. The molecule has 0 bridgehead atoms. The molecule has 258 valence electrons. The van der Waals surface area contributed by atoms with Crippen LogP contribution in [0.5, 0.6) is 0 Å². The van der Waals surface area contributed by atoms with Crippen LogP contribution >= 0.6 is 12.6 Å². The Bertz CT molecular complexity index is 1320. The lowest BCUT2D eigenvalue weighted by Gasteiger charge is -2.45. The number of likely N-dealkylation sites (tertiary alicyclic amines) is 2. The zero-order chi connectivity index (χ0) is 34.5. The van der Waals surface area contributed by atoms with Gasteiger partial charge < -0.3 is 10.2 Å². The maximum absolute atomic E-state index is 15.7. The molecule has 2 aliphatic heterocycles. The van der Waals surface area contributed by atoms with E-state index < -0.39 is 28.5 Å². The number of halogens is 2. The molecule has 0 spiro atoms. The van der Waals surface area contributed by atoms with Gasteiger partial charge in [-0.2, -0.15) is 12.6 Å². The molecule has 46 heavy (non-hydrogen) atoms. The third-order valence-electron chi connectivity index (χ3n) is 11.3. The van der Waals surface area contributed by atoms with E-state index in [1.165, 1.54) is 12.1 Å². The molecule has 10 heteroatoms. The minimum Gasteiger partial charge on any atom is -0.351 e. The van der Waals surface area contributed by atoms with Crippen molar-refractivity contribution in [1.82, 2.24) is 15.1 Å². The van der Waals surface area contributed by atoms with Crippen molar-refractivity contribution in [2.45, 2.75) is 123 Å². The zero-order valence-corrected chi connectivity index (χ0v) is 30.4. The van der Waals surface area contributed by atoms with E-state index >= 15 is 9.18 Å². The molecule has 1 unspecified atom stereocenters. The second-order valence-electron chi connectivity index (χ2n) is 16.8. The number of thiol groups is 1. The van der Waals surface area contributed by atoms with Crippen molar-refractivity contribution in [2.24, 2.45) is 10.8 Å². The van der Waals surface area contributed by atoms with Crippen molar-refractivity contribution in [3.8, 4) is 0 Å².